The summed E-state index contributed by atoms with van der Waals surface area (Å²) >= 11 is 0. The van der Waals surface area contributed by atoms with Crippen LogP contribution in [0.5, 0.6) is 0 Å². The number of carbonyl (C=O) groups excluding carboxylic acids is 2. The first-order valence-electron chi connectivity index (χ1n) is 9.05. The van der Waals surface area contributed by atoms with Crippen LogP contribution in [0.15, 0.2) is 12.3 Å². The molecule has 7 heteroatoms. The monoisotopic (exact) mass is 351 g/mol. The Hall–Kier alpha value is -1.89. The number of rotatable bonds is 8. The molecule has 1 saturated carbocycles. The van der Waals surface area contributed by atoms with E-state index in [1.54, 1.807) is 31.0 Å². The zero-order valence-corrected chi connectivity index (χ0v) is 15.4. The summed E-state index contributed by atoms with van der Waals surface area (Å²) in [5.74, 6) is 0.142. The van der Waals surface area contributed by atoms with Crippen molar-refractivity contribution in [2.24, 2.45) is 11.8 Å². The van der Waals surface area contributed by atoms with Gasteiger partial charge in [0.1, 0.15) is 11.7 Å². The van der Waals surface area contributed by atoms with Crippen LogP contribution in [0.2, 0.25) is 0 Å². The second kappa shape index (κ2) is 9.56. The van der Waals surface area contributed by atoms with Gasteiger partial charge in [0.25, 0.3) is 5.91 Å². The number of hydrogen-bond donors (Lipinski definition) is 1. The van der Waals surface area contributed by atoms with Gasteiger partial charge >= 0.3 is 5.97 Å². The molecule has 140 valence electrons. The summed E-state index contributed by atoms with van der Waals surface area (Å²) in [7, 11) is 1.60. The van der Waals surface area contributed by atoms with Gasteiger partial charge in [-0.1, -0.05) is 19.8 Å². The largest absolute Gasteiger partial charge is 0.464 e. The standard InChI is InChI=1S/C18H29N3O4/c1-4-25-18(23)16(14-7-5-13(2)6-8-14)20-17(22)15-9-10-19-21(15)11-12-24-3/h9-10,13-14,16H,4-8,11-12H2,1-3H3,(H,20,22)/t13-,14-,16-/m0/s1. The normalized spacial score (nSPS) is 21.6. The van der Waals surface area contributed by atoms with Crippen LogP contribution in [0, 0.1) is 11.8 Å². The lowest BCUT2D eigenvalue weighted by Gasteiger charge is -2.31. The molecule has 1 amide bonds. The van der Waals surface area contributed by atoms with Crippen molar-refractivity contribution in [3.05, 3.63) is 18.0 Å². The average Bonchev–Trinajstić information content (AvgIpc) is 3.07. The lowest BCUT2D eigenvalue weighted by atomic mass is 9.79. The van der Waals surface area contributed by atoms with Crippen molar-refractivity contribution in [1.29, 1.82) is 0 Å². The number of methoxy groups -OCH3 is 1. The van der Waals surface area contributed by atoms with E-state index in [1.807, 2.05) is 0 Å². The molecule has 1 atom stereocenters. The quantitative estimate of drug-likeness (QED) is 0.725. The number of ether oxygens (including phenoxy) is 2. The van der Waals surface area contributed by atoms with Crippen LogP contribution < -0.4 is 5.32 Å². The van der Waals surface area contributed by atoms with E-state index < -0.39 is 6.04 Å². The Bertz CT molecular complexity index is 564. The van der Waals surface area contributed by atoms with Crippen LogP contribution in [0.1, 0.15) is 50.0 Å². The van der Waals surface area contributed by atoms with Gasteiger partial charge in [-0.05, 0) is 37.7 Å². The third-order valence-electron chi connectivity index (χ3n) is 4.82. The minimum absolute atomic E-state index is 0.120. The third-order valence-corrected chi connectivity index (χ3v) is 4.82. The summed E-state index contributed by atoms with van der Waals surface area (Å²) in [5, 5.41) is 7.04. The second-order valence-electron chi connectivity index (χ2n) is 6.66. The maximum absolute atomic E-state index is 12.7. The van der Waals surface area contributed by atoms with Crippen molar-refractivity contribution in [3.8, 4) is 0 Å². The van der Waals surface area contributed by atoms with E-state index in [2.05, 4.69) is 17.3 Å². The van der Waals surface area contributed by atoms with Gasteiger partial charge in [0.05, 0.1) is 19.8 Å². The molecule has 1 aromatic heterocycles. The van der Waals surface area contributed by atoms with E-state index in [0.29, 0.717) is 31.4 Å². The van der Waals surface area contributed by atoms with Gasteiger partial charge in [-0.2, -0.15) is 5.10 Å². The summed E-state index contributed by atoms with van der Waals surface area (Å²) in [6.45, 7) is 5.25. The van der Waals surface area contributed by atoms with Crippen LogP contribution >= 0.6 is 0 Å². The highest BCUT2D eigenvalue weighted by molar-refractivity contribution is 5.95. The maximum atomic E-state index is 12.7. The zero-order chi connectivity index (χ0) is 18.2. The topological polar surface area (TPSA) is 82.5 Å². The molecular weight excluding hydrogens is 322 g/mol. The van der Waals surface area contributed by atoms with Crippen molar-refractivity contribution in [2.75, 3.05) is 20.3 Å². The molecule has 2 rings (SSSR count). The van der Waals surface area contributed by atoms with E-state index in [1.165, 1.54) is 0 Å². The molecule has 0 radical (unpaired) electrons. The summed E-state index contributed by atoms with van der Waals surface area (Å²) in [6, 6.07) is 1.04. The van der Waals surface area contributed by atoms with Crippen molar-refractivity contribution in [2.45, 2.75) is 52.1 Å². The Morgan fingerprint density at radius 3 is 2.72 bits per heavy atom. The summed E-state index contributed by atoms with van der Waals surface area (Å²) in [6.07, 6.45) is 5.57. The number of aromatic nitrogens is 2. The van der Waals surface area contributed by atoms with Gasteiger partial charge in [-0.3, -0.25) is 9.48 Å². The molecule has 0 aliphatic heterocycles. The first kappa shape index (κ1) is 19.4. The fourth-order valence-corrected chi connectivity index (χ4v) is 3.32. The number of carbonyl (C=O) groups is 2. The highest BCUT2D eigenvalue weighted by Gasteiger charge is 2.34. The van der Waals surface area contributed by atoms with Crippen LogP contribution in [0.4, 0.5) is 0 Å². The Labute approximate surface area is 149 Å². The number of hydrogen-bond acceptors (Lipinski definition) is 5. The minimum Gasteiger partial charge on any atom is -0.464 e. The molecule has 1 fully saturated rings. The smallest absolute Gasteiger partial charge is 0.328 e. The van der Waals surface area contributed by atoms with Crippen molar-refractivity contribution in [1.82, 2.24) is 15.1 Å². The molecule has 0 aromatic carbocycles. The molecule has 1 N–H and O–H groups in total. The predicted molar refractivity (Wildman–Crippen MR) is 93.1 cm³/mol. The number of nitrogens with zero attached hydrogens (tertiary/aromatic N) is 2. The van der Waals surface area contributed by atoms with Crippen molar-refractivity contribution >= 4 is 11.9 Å². The van der Waals surface area contributed by atoms with Crippen LogP contribution in [-0.4, -0.2) is 48.0 Å². The van der Waals surface area contributed by atoms with Gasteiger partial charge in [-0.15, -0.1) is 0 Å². The molecule has 0 unspecified atom stereocenters. The fraction of sp³-hybridized carbons (Fsp3) is 0.722. The highest BCUT2D eigenvalue weighted by Crippen LogP contribution is 2.31. The Balaban J connectivity index is 2.09. The SMILES string of the molecule is CCOC(=O)[C@@H](NC(=O)c1ccnn1CCOC)[C@H]1CC[C@H](C)CC1. The molecule has 0 bridgehead atoms. The number of esters is 1. The van der Waals surface area contributed by atoms with Gasteiger partial charge in [0, 0.05) is 13.3 Å². The molecule has 0 saturated heterocycles. The predicted octanol–water partition coefficient (Wildman–Crippen LogP) is 2.02. The van der Waals surface area contributed by atoms with Crippen LogP contribution in [-0.2, 0) is 20.8 Å². The van der Waals surface area contributed by atoms with Crippen molar-refractivity contribution < 1.29 is 19.1 Å². The first-order valence-corrected chi connectivity index (χ1v) is 9.05. The Kier molecular flexibility index (Phi) is 7.43. The van der Waals surface area contributed by atoms with Gasteiger partial charge in [0.15, 0.2) is 0 Å². The first-order chi connectivity index (χ1) is 12.1. The summed E-state index contributed by atoms with van der Waals surface area (Å²) in [5.41, 5.74) is 0.426. The van der Waals surface area contributed by atoms with Gasteiger partial charge in [0.2, 0.25) is 0 Å². The zero-order valence-electron chi connectivity index (χ0n) is 15.4. The second-order valence-corrected chi connectivity index (χ2v) is 6.66. The van der Waals surface area contributed by atoms with E-state index >= 15 is 0 Å². The number of amides is 1. The molecule has 7 nitrogen and oxygen atoms in total. The van der Waals surface area contributed by atoms with E-state index in [9.17, 15) is 9.59 Å². The lowest BCUT2D eigenvalue weighted by Crippen LogP contribution is -2.48. The fourth-order valence-electron chi connectivity index (χ4n) is 3.32. The molecule has 1 heterocycles. The van der Waals surface area contributed by atoms with Crippen LogP contribution in [0.3, 0.4) is 0 Å². The van der Waals surface area contributed by atoms with Crippen molar-refractivity contribution in [3.63, 3.8) is 0 Å². The Morgan fingerprint density at radius 2 is 2.08 bits per heavy atom. The molecule has 0 spiro atoms. The molecule has 25 heavy (non-hydrogen) atoms. The molecule has 1 aliphatic rings. The maximum Gasteiger partial charge on any atom is 0.328 e. The molecule has 1 aromatic rings. The molecular formula is C18H29N3O4. The van der Waals surface area contributed by atoms with Gasteiger partial charge in [-0.25, -0.2) is 4.79 Å². The Morgan fingerprint density at radius 1 is 1.36 bits per heavy atom. The summed E-state index contributed by atoms with van der Waals surface area (Å²) in [4.78, 5) is 25.1. The van der Waals surface area contributed by atoms with E-state index in [0.717, 1.165) is 25.7 Å². The third kappa shape index (κ3) is 5.29. The van der Waals surface area contributed by atoms with Crippen LogP contribution in [0.25, 0.3) is 0 Å². The lowest BCUT2D eigenvalue weighted by molar-refractivity contribution is -0.147. The molecule has 1 aliphatic carbocycles. The van der Waals surface area contributed by atoms with E-state index in [4.69, 9.17) is 9.47 Å². The average molecular weight is 351 g/mol. The van der Waals surface area contributed by atoms with Gasteiger partial charge < -0.3 is 14.8 Å². The minimum atomic E-state index is -0.606. The summed E-state index contributed by atoms with van der Waals surface area (Å²) < 4.78 is 11.8. The highest BCUT2D eigenvalue weighted by atomic mass is 16.5. The number of nitrogens with one attached hydrogen (secondary N) is 1. The van der Waals surface area contributed by atoms with E-state index in [-0.39, 0.29) is 17.8 Å².